The summed E-state index contributed by atoms with van der Waals surface area (Å²) in [5.74, 6) is -0.284. The van der Waals surface area contributed by atoms with Crippen LogP contribution in [-0.4, -0.2) is 11.0 Å². The zero-order valence-electron chi connectivity index (χ0n) is 14.1. The number of rotatable bonds is 4. The number of carbonyl (C=O) groups is 1. The van der Waals surface area contributed by atoms with Crippen molar-refractivity contribution in [3.8, 4) is 0 Å². The minimum absolute atomic E-state index is 0.217. The number of amides is 1. The van der Waals surface area contributed by atoms with E-state index < -0.39 is 0 Å². The first kappa shape index (κ1) is 18.9. The van der Waals surface area contributed by atoms with E-state index in [1.54, 1.807) is 18.2 Å². The molecule has 0 spiro atoms. The first-order valence-corrected chi connectivity index (χ1v) is 9.26. The third-order valence-electron chi connectivity index (χ3n) is 3.51. The second kappa shape index (κ2) is 9.16. The lowest BCUT2D eigenvalue weighted by atomic mass is 10.2. The van der Waals surface area contributed by atoms with Crippen LogP contribution in [0.3, 0.4) is 0 Å². The van der Waals surface area contributed by atoms with Crippen molar-refractivity contribution in [1.82, 2.24) is 5.32 Å². The van der Waals surface area contributed by atoms with Gasteiger partial charge in [0.1, 0.15) is 0 Å². The molecule has 2 N–H and O–H groups in total. The zero-order valence-corrected chi connectivity index (χ0v) is 16.5. The quantitative estimate of drug-likeness (QED) is 0.388. The van der Waals surface area contributed by atoms with Crippen molar-refractivity contribution in [3.63, 3.8) is 0 Å². The van der Waals surface area contributed by atoms with E-state index in [4.69, 9.17) is 12.2 Å². The second-order valence-corrected chi connectivity index (χ2v) is 6.73. The number of hydrogen-bond acceptors (Lipinski definition) is 4. The highest BCUT2D eigenvalue weighted by Gasteiger charge is 2.10. The van der Waals surface area contributed by atoms with E-state index in [2.05, 4.69) is 36.8 Å². The van der Waals surface area contributed by atoms with Crippen LogP contribution in [0.5, 0.6) is 0 Å². The van der Waals surface area contributed by atoms with Crippen molar-refractivity contribution in [1.29, 1.82) is 0 Å². The average molecular weight is 439 g/mol. The number of azo groups is 1. The molecule has 0 aliphatic carbocycles. The zero-order chi connectivity index (χ0) is 19.1. The van der Waals surface area contributed by atoms with Crippen LogP contribution in [0.1, 0.15) is 10.4 Å². The van der Waals surface area contributed by atoms with Gasteiger partial charge in [-0.1, -0.05) is 30.3 Å². The number of carbonyl (C=O) groups excluding carboxylic acids is 1. The van der Waals surface area contributed by atoms with Gasteiger partial charge in [0.15, 0.2) is 5.11 Å². The van der Waals surface area contributed by atoms with Crippen LogP contribution in [-0.2, 0) is 0 Å². The minimum Gasteiger partial charge on any atom is -0.332 e. The summed E-state index contributed by atoms with van der Waals surface area (Å²) in [6.45, 7) is 0. The van der Waals surface area contributed by atoms with Crippen molar-refractivity contribution in [3.05, 3.63) is 88.9 Å². The number of nitrogens with zero attached hydrogens (tertiary/aromatic N) is 2. The van der Waals surface area contributed by atoms with Crippen molar-refractivity contribution >= 4 is 56.2 Å². The average Bonchev–Trinajstić information content (AvgIpc) is 2.68. The SMILES string of the molecule is O=C(NC(=S)Nc1ccc(N=Nc2ccccc2)cc1)c1ccccc1Br. The molecule has 0 aromatic heterocycles. The summed E-state index contributed by atoms with van der Waals surface area (Å²) in [4.78, 5) is 12.2. The van der Waals surface area contributed by atoms with E-state index in [1.807, 2.05) is 60.7 Å². The molecule has 134 valence electrons. The van der Waals surface area contributed by atoms with Gasteiger partial charge in [0, 0.05) is 10.2 Å². The number of halogens is 1. The maximum absolute atomic E-state index is 12.2. The van der Waals surface area contributed by atoms with Crippen molar-refractivity contribution < 1.29 is 4.79 Å². The summed E-state index contributed by atoms with van der Waals surface area (Å²) in [5, 5.41) is 14.2. The molecule has 5 nitrogen and oxygen atoms in total. The van der Waals surface area contributed by atoms with Crippen LogP contribution >= 0.6 is 28.1 Å². The predicted molar refractivity (Wildman–Crippen MR) is 115 cm³/mol. The van der Waals surface area contributed by atoms with Gasteiger partial charge < -0.3 is 5.32 Å². The molecule has 0 saturated carbocycles. The number of thiocarbonyl (C=S) groups is 1. The van der Waals surface area contributed by atoms with Crippen LogP contribution in [0.25, 0.3) is 0 Å². The summed E-state index contributed by atoms with van der Waals surface area (Å²) in [5.41, 5.74) is 2.76. The molecule has 0 unspecified atom stereocenters. The van der Waals surface area contributed by atoms with Gasteiger partial charge in [-0.2, -0.15) is 10.2 Å². The largest absolute Gasteiger partial charge is 0.332 e. The minimum atomic E-state index is -0.284. The van der Waals surface area contributed by atoms with Gasteiger partial charge in [-0.25, -0.2) is 0 Å². The van der Waals surface area contributed by atoms with Gasteiger partial charge in [0.25, 0.3) is 5.91 Å². The molecule has 0 aliphatic rings. The Balaban J connectivity index is 1.58. The monoisotopic (exact) mass is 438 g/mol. The Kier molecular flexibility index (Phi) is 6.40. The summed E-state index contributed by atoms with van der Waals surface area (Å²) >= 11 is 8.55. The topological polar surface area (TPSA) is 65.8 Å². The number of nitrogens with one attached hydrogen (secondary N) is 2. The third kappa shape index (κ3) is 5.54. The van der Waals surface area contributed by atoms with E-state index in [9.17, 15) is 4.79 Å². The van der Waals surface area contributed by atoms with E-state index in [1.165, 1.54) is 0 Å². The number of hydrogen-bond donors (Lipinski definition) is 2. The molecule has 0 saturated heterocycles. The Bertz CT molecular complexity index is 975. The van der Waals surface area contributed by atoms with E-state index in [-0.39, 0.29) is 11.0 Å². The Morgan fingerprint density at radius 3 is 2.07 bits per heavy atom. The third-order valence-corrected chi connectivity index (χ3v) is 4.40. The fourth-order valence-electron chi connectivity index (χ4n) is 2.20. The number of anilines is 1. The van der Waals surface area contributed by atoms with E-state index >= 15 is 0 Å². The highest BCUT2D eigenvalue weighted by Crippen LogP contribution is 2.20. The van der Waals surface area contributed by atoms with Gasteiger partial charge in [0.2, 0.25) is 0 Å². The second-order valence-electron chi connectivity index (χ2n) is 5.47. The van der Waals surface area contributed by atoms with Crippen molar-refractivity contribution in [2.45, 2.75) is 0 Å². The molecule has 0 fully saturated rings. The first-order valence-electron chi connectivity index (χ1n) is 8.05. The number of benzene rings is 3. The highest BCUT2D eigenvalue weighted by atomic mass is 79.9. The Hall–Kier alpha value is -2.90. The summed E-state index contributed by atoms with van der Waals surface area (Å²) in [6.07, 6.45) is 0. The first-order chi connectivity index (χ1) is 13.1. The molecule has 7 heteroatoms. The van der Waals surface area contributed by atoms with Gasteiger partial charge in [-0.15, -0.1) is 0 Å². The van der Waals surface area contributed by atoms with Gasteiger partial charge >= 0.3 is 0 Å². The Labute approximate surface area is 170 Å². The van der Waals surface area contributed by atoms with Crippen LogP contribution in [0.15, 0.2) is 93.6 Å². The molecular formula is C20H15BrN4OS. The van der Waals surface area contributed by atoms with Crippen LogP contribution in [0.4, 0.5) is 17.1 Å². The molecule has 3 aromatic carbocycles. The molecule has 0 heterocycles. The van der Waals surface area contributed by atoms with E-state index in [0.29, 0.717) is 15.7 Å². The van der Waals surface area contributed by atoms with E-state index in [0.717, 1.165) is 11.4 Å². The standard InChI is InChI=1S/C20H15BrN4OS/c21-18-9-5-4-8-17(18)19(26)23-20(27)22-14-10-12-16(13-11-14)25-24-15-6-2-1-3-7-15/h1-13H,(H2,22,23,26,27). The smallest absolute Gasteiger partial charge is 0.258 e. The lowest BCUT2D eigenvalue weighted by molar-refractivity contribution is 0.0977. The van der Waals surface area contributed by atoms with Crippen molar-refractivity contribution in [2.75, 3.05) is 5.32 Å². The molecule has 1 amide bonds. The summed E-state index contributed by atoms with van der Waals surface area (Å²) < 4.78 is 0.707. The molecular weight excluding hydrogens is 424 g/mol. The van der Waals surface area contributed by atoms with Gasteiger partial charge in [-0.05, 0) is 76.7 Å². The Morgan fingerprint density at radius 1 is 0.815 bits per heavy atom. The molecule has 0 radical (unpaired) electrons. The predicted octanol–water partition coefficient (Wildman–Crippen LogP) is 5.99. The molecule has 0 bridgehead atoms. The maximum atomic E-state index is 12.2. The van der Waals surface area contributed by atoms with Crippen LogP contribution in [0.2, 0.25) is 0 Å². The lowest BCUT2D eigenvalue weighted by Gasteiger charge is -2.10. The molecule has 0 atom stereocenters. The Morgan fingerprint density at radius 2 is 1.41 bits per heavy atom. The van der Waals surface area contributed by atoms with Gasteiger partial charge in [0.05, 0.1) is 16.9 Å². The lowest BCUT2D eigenvalue weighted by Crippen LogP contribution is -2.34. The molecule has 27 heavy (non-hydrogen) atoms. The van der Waals surface area contributed by atoms with Crippen LogP contribution < -0.4 is 10.6 Å². The fraction of sp³-hybridized carbons (Fsp3) is 0. The summed E-state index contributed by atoms with van der Waals surface area (Å²) in [6, 6.07) is 23.9. The maximum Gasteiger partial charge on any atom is 0.258 e. The molecule has 3 aromatic rings. The van der Waals surface area contributed by atoms with Gasteiger partial charge in [-0.3, -0.25) is 10.1 Å². The van der Waals surface area contributed by atoms with Crippen LogP contribution in [0, 0.1) is 0 Å². The molecule has 0 aliphatic heterocycles. The fourth-order valence-corrected chi connectivity index (χ4v) is 2.88. The normalized spacial score (nSPS) is 10.6. The summed E-state index contributed by atoms with van der Waals surface area (Å²) in [7, 11) is 0. The van der Waals surface area contributed by atoms with Crippen molar-refractivity contribution in [2.24, 2.45) is 10.2 Å². The highest BCUT2D eigenvalue weighted by molar-refractivity contribution is 9.10. The molecule has 3 rings (SSSR count).